The molecule has 0 aromatic heterocycles. The Morgan fingerprint density at radius 1 is 0.410 bits per heavy atom. The van der Waals surface area contributed by atoms with E-state index < -0.39 is 67.3 Å². The first-order valence-corrected chi connectivity index (χ1v) is 33.6. The SMILES string of the molecule is CC/C=C\C/C=C\C/C=C\C/C=C\CCCCCCC(=O)OCC(COC1OC(C(=O)O)C(O)C(O)C1OC(=O)CCCCCCCCCCC/C=C\CCCCCCCC)OC(=O)CCCCCCCCC/C=C\C/C=C\CCCCC. The average Bonchev–Trinajstić information content (AvgIpc) is 3.58. The standard InChI is InChI=1S/C71H120O12/c1-4-7-10-13-16-19-22-25-28-31-32-35-38-41-44-47-50-53-56-59-65(74)82-69-67(76)66(75)68(70(77)78)83-71(69)80-61-62(81-64(73)58-55-52-49-46-43-40-37-34-30-27-24-21-18-15-12-9-6-3)60-79-63(72)57-54-51-48-45-42-39-36-33-29-26-23-20-17-14-11-8-5-2/h8,11,17-18,20-21,25-30,36,39,62,66-69,71,75-76H,4-7,9-10,12-16,19,22-24,31-35,37-38,40-61H2,1-3H3,(H,77,78)/b11-8-,20-17-,21-18-,28-25-,29-26-,30-27-,39-36-. The number of aliphatic carboxylic acids is 1. The number of rotatable bonds is 57. The van der Waals surface area contributed by atoms with E-state index >= 15 is 0 Å². The van der Waals surface area contributed by atoms with E-state index in [-0.39, 0.29) is 25.9 Å². The van der Waals surface area contributed by atoms with Gasteiger partial charge in [0.2, 0.25) is 0 Å². The van der Waals surface area contributed by atoms with Crippen LogP contribution in [0.3, 0.4) is 0 Å². The van der Waals surface area contributed by atoms with E-state index in [2.05, 4.69) is 106 Å². The fourth-order valence-electron chi connectivity index (χ4n) is 9.80. The Kier molecular flexibility index (Phi) is 54.0. The van der Waals surface area contributed by atoms with E-state index in [0.29, 0.717) is 19.3 Å². The Bertz CT molecular complexity index is 1760. The summed E-state index contributed by atoms with van der Waals surface area (Å²) in [4.78, 5) is 51.4. The lowest BCUT2D eigenvalue weighted by molar-refractivity contribution is -0.301. The predicted molar refractivity (Wildman–Crippen MR) is 340 cm³/mol. The predicted octanol–water partition coefficient (Wildman–Crippen LogP) is 18.2. The third-order valence-corrected chi connectivity index (χ3v) is 14.9. The summed E-state index contributed by atoms with van der Waals surface area (Å²) in [6.45, 7) is 5.86. The summed E-state index contributed by atoms with van der Waals surface area (Å²) in [6.07, 6.45) is 63.9. The van der Waals surface area contributed by atoms with Gasteiger partial charge in [-0.15, -0.1) is 0 Å². The molecule has 1 aliphatic rings. The van der Waals surface area contributed by atoms with Crippen molar-refractivity contribution >= 4 is 23.9 Å². The molecule has 83 heavy (non-hydrogen) atoms. The molecule has 1 aliphatic heterocycles. The summed E-state index contributed by atoms with van der Waals surface area (Å²) >= 11 is 0. The minimum Gasteiger partial charge on any atom is -0.479 e. The number of unbranched alkanes of at least 4 members (excludes halogenated alkanes) is 29. The van der Waals surface area contributed by atoms with Gasteiger partial charge in [0.05, 0.1) is 6.61 Å². The lowest BCUT2D eigenvalue weighted by Gasteiger charge is -2.40. The molecule has 0 aromatic carbocycles. The molecule has 1 rings (SSSR count). The highest BCUT2D eigenvalue weighted by molar-refractivity contribution is 5.74. The second-order valence-electron chi connectivity index (χ2n) is 22.7. The topological polar surface area (TPSA) is 175 Å². The van der Waals surface area contributed by atoms with Crippen molar-refractivity contribution in [2.45, 2.75) is 327 Å². The van der Waals surface area contributed by atoms with Gasteiger partial charge in [-0.1, -0.05) is 241 Å². The molecule has 6 atom stereocenters. The van der Waals surface area contributed by atoms with Crippen LogP contribution in [0.15, 0.2) is 85.1 Å². The fraction of sp³-hybridized carbons (Fsp3) is 0.746. The summed E-state index contributed by atoms with van der Waals surface area (Å²) in [5, 5.41) is 31.6. The van der Waals surface area contributed by atoms with Crippen molar-refractivity contribution in [1.82, 2.24) is 0 Å². The molecule has 0 amide bonds. The number of esters is 3. The van der Waals surface area contributed by atoms with E-state index in [1.807, 2.05) is 0 Å². The summed E-state index contributed by atoms with van der Waals surface area (Å²) in [5.74, 6) is -3.15. The number of allylic oxidation sites excluding steroid dienone is 14. The highest BCUT2D eigenvalue weighted by atomic mass is 16.7. The third-order valence-electron chi connectivity index (χ3n) is 14.9. The second-order valence-corrected chi connectivity index (χ2v) is 22.7. The van der Waals surface area contributed by atoms with E-state index in [1.54, 1.807) is 0 Å². The smallest absolute Gasteiger partial charge is 0.335 e. The monoisotopic (exact) mass is 1160 g/mol. The molecule has 6 unspecified atom stereocenters. The number of carbonyl (C=O) groups excluding carboxylic acids is 3. The molecule has 0 radical (unpaired) electrons. The van der Waals surface area contributed by atoms with E-state index in [1.165, 1.54) is 103 Å². The highest BCUT2D eigenvalue weighted by Crippen LogP contribution is 2.27. The highest BCUT2D eigenvalue weighted by Gasteiger charge is 2.50. The van der Waals surface area contributed by atoms with Crippen molar-refractivity contribution < 1.29 is 58.2 Å². The lowest BCUT2D eigenvalue weighted by atomic mass is 9.98. The number of hydrogen-bond donors (Lipinski definition) is 3. The van der Waals surface area contributed by atoms with Crippen molar-refractivity contribution in [1.29, 1.82) is 0 Å². The summed E-state index contributed by atoms with van der Waals surface area (Å²) < 4.78 is 28.5. The fourth-order valence-corrected chi connectivity index (χ4v) is 9.80. The van der Waals surface area contributed by atoms with Crippen LogP contribution in [0.1, 0.15) is 290 Å². The van der Waals surface area contributed by atoms with Crippen molar-refractivity contribution in [3.63, 3.8) is 0 Å². The van der Waals surface area contributed by atoms with Gasteiger partial charge >= 0.3 is 23.9 Å². The van der Waals surface area contributed by atoms with Gasteiger partial charge in [-0.3, -0.25) is 14.4 Å². The molecular weight excluding hydrogens is 1040 g/mol. The van der Waals surface area contributed by atoms with Crippen LogP contribution in [0.4, 0.5) is 0 Å². The quantitative estimate of drug-likeness (QED) is 0.0228. The van der Waals surface area contributed by atoms with Crippen LogP contribution in [-0.2, 0) is 42.9 Å². The molecule has 476 valence electrons. The maximum atomic E-state index is 13.2. The number of carbonyl (C=O) groups is 4. The first-order valence-electron chi connectivity index (χ1n) is 33.6. The van der Waals surface area contributed by atoms with Gasteiger partial charge < -0.3 is 39.0 Å². The lowest BCUT2D eigenvalue weighted by Crippen LogP contribution is -2.61. The zero-order valence-corrected chi connectivity index (χ0v) is 52.7. The van der Waals surface area contributed by atoms with Crippen LogP contribution in [0.25, 0.3) is 0 Å². The van der Waals surface area contributed by atoms with Gasteiger partial charge in [-0.05, 0) is 116 Å². The Balaban J connectivity index is 2.67. The summed E-state index contributed by atoms with van der Waals surface area (Å²) in [7, 11) is 0. The average molecular weight is 1170 g/mol. The van der Waals surface area contributed by atoms with Crippen LogP contribution in [0, 0.1) is 0 Å². The maximum Gasteiger partial charge on any atom is 0.335 e. The van der Waals surface area contributed by atoms with Crippen LogP contribution in [-0.4, -0.2) is 89.2 Å². The molecular formula is C71H120O12. The number of carboxylic acids is 1. The molecule has 1 heterocycles. The molecule has 0 bridgehead atoms. The Hall–Kier alpha value is -4.10. The van der Waals surface area contributed by atoms with Crippen molar-refractivity contribution in [3.8, 4) is 0 Å². The van der Waals surface area contributed by atoms with Gasteiger partial charge in [-0.25, -0.2) is 4.79 Å². The summed E-state index contributed by atoms with van der Waals surface area (Å²) in [5.41, 5.74) is 0. The molecule has 0 aliphatic carbocycles. The molecule has 1 fully saturated rings. The van der Waals surface area contributed by atoms with Gasteiger partial charge in [0, 0.05) is 19.3 Å². The van der Waals surface area contributed by atoms with Gasteiger partial charge in [-0.2, -0.15) is 0 Å². The number of hydrogen-bond acceptors (Lipinski definition) is 11. The first-order chi connectivity index (χ1) is 40.6. The number of aliphatic hydroxyl groups excluding tert-OH is 2. The maximum absolute atomic E-state index is 13.2. The van der Waals surface area contributed by atoms with Gasteiger partial charge in [0.15, 0.2) is 24.6 Å². The van der Waals surface area contributed by atoms with Crippen molar-refractivity contribution in [2.24, 2.45) is 0 Å². The van der Waals surface area contributed by atoms with Crippen LogP contribution in [0.5, 0.6) is 0 Å². The van der Waals surface area contributed by atoms with Crippen molar-refractivity contribution in [2.75, 3.05) is 13.2 Å². The summed E-state index contributed by atoms with van der Waals surface area (Å²) in [6, 6.07) is 0. The van der Waals surface area contributed by atoms with E-state index in [0.717, 1.165) is 128 Å². The van der Waals surface area contributed by atoms with E-state index in [9.17, 15) is 34.5 Å². The number of ether oxygens (including phenoxy) is 5. The largest absolute Gasteiger partial charge is 0.479 e. The van der Waals surface area contributed by atoms with Gasteiger partial charge in [0.25, 0.3) is 0 Å². The van der Waals surface area contributed by atoms with Crippen LogP contribution in [0.2, 0.25) is 0 Å². The third kappa shape index (κ3) is 47.8. The minimum atomic E-state index is -1.91. The molecule has 12 nitrogen and oxygen atoms in total. The number of aliphatic hydroxyl groups is 2. The first kappa shape index (κ1) is 76.9. The molecule has 12 heteroatoms. The van der Waals surface area contributed by atoms with Crippen molar-refractivity contribution in [3.05, 3.63) is 85.1 Å². The second kappa shape index (κ2) is 58.3. The molecule has 0 spiro atoms. The molecule has 3 N–H and O–H groups in total. The normalized spacial score (nSPS) is 18.1. The molecule has 0 saturated carbocycles. The Labute approximate surface area is 505 Å². The van der Waals surface area contributed by atoms with E-state index in [4.69, 9.17) is 23.7 Å². The Morgan fingerprint density at radius 2 is 0.759 bits per heavy atom. The minimum absolute atomic E-state index is 0.0530. The molecule has 0 aromatic rings. The number of carboxylic acid groups (broad SMARTS) is 1. The zero-order valence-electron chi connectivity index (χ0n) is 52.7. The Morgan fingerprint density at radius 3 is 1.19 bits per heavy atom. The molecule has 1 saturated heterocycles. The zero-order chi connectivity index (χ0) is 60.3. The van der Waals surface area contributed by atoms with Gasteiger partial charge in [0.1, 0.15) is 18.8 Å². The van der Waals surface area contributed by atoms with Crippen LogP contribution < -0.4 is 0 Å². The van der Waals surface area contributed by atoms with Crippen LogP contribution >= 0.6 is 0 Å².